The SMILES string of the molecule is Cc1cc(C)n(CC(=O)N[C@@H]2CCc3ccccc3C2)c(=O)n1. The second kappa shape index (κ2) is 6.36. The van der Waals surface area contributed by atoms with Crippen LogP contribution in [0, 0.1) is 13.8 Å². The molecule has 1 aromatic carbocycles. The third-order valence-corrected chi connectivity index (χ3v) is 4.36. The summed E-state index contributed by atoms with van der Waals surface area (Å²) in [7, 11) is 0. The molecular formula is C18H21N3O2. The van der Waals surface area contributed by atoms with E-state index in [4.69, 9.17) is 0 Å². The summed E-state index contributed by atoms with van der Waals surface area (Å²) < 4.78 is 1.42. The molecule has 0 radical (unpaired) electrons. The van der Waals surface area contributed by atoms with Crippen molar-refractivity contribution in [1.82, 2.24) is 14.9 Å². The van der Waals surface area contributed by atoms with Crippen molar-refractivity contribution in [3.63, 3.8) is 0 Å². The summed E-state index contributed by atoms with van der Waals surface area (Å²) in [6, 6.07) is 10.3. The molecular weight excluding hydrogens is 290 g/mol. The first-order chi connectivity index (χ1) is 11.0. The number of benzene rings is 1. The number of amides is 1. The van der Waals surface area contributed by atoms with Gasteiger partial charge in [0.15, 0.2) is 0 Å². The van der Waals surface area contributed by atoms with Gasteiger partial charge in [0.25, 0.3) is 0 Å². The largest absolute Gasteiger partial charge is 0.351 e. The molecule has 120 valence electrons. The first kappa shape index (κ1) is 15.5. The number of carbonyl (C=O) groups is 1. The van der Waals surface area contributed by atoms with Crippen molar-refractivity contribution < 1.29 is 4.79 Å². The van der Waals surface area contributed by atoms with Gasteiger partial charge in [-0.05, 0) is 50.3 Å². The lowest BCUT2D eigenvalue weighted by Crippen LogP contribution is -2.42. The minimum Gasteiger partial charge on any atom is -0.351 e. The van der Waals surface area contributed by atoms with Crippen LogP contribution in [-0.4, -0.2) is 21.5 Å². The Balaban J connectivity index is 1.66. The molecule has 0 spiro atoms. The zero-order chi connectivity index (χ0) is 16.4. The second-order valence-electron chi connectivity index (χ2n) is 6.18. The van der Waals surface area contributed by atoms with Crippen LogP contribution in [0.5, 0.6) is 0 Å². The summed E-state index contributed by atoms with van der Waals surface area (Å²) in [5.41, 5.74) is 3.73. The Morgan fingerprint density at radius 1 is 1.30 bits per heavy atom. The second-order valence-corrected chi connectivity index (χ2v) is 6.18. The summed E-state index contributed by atoms with van der Waals surface area (Å²) >= 11 is 0. The molecule has 1 aromatic heterocycles. The van der Waals surface area contributed by atoms with Crippen LogP contribution < -0.4 is 11.0 Å². The summed E-state index contributed by atoms with van der Waals surface area (Å²) in [5.74, 6) is -0.134. The molecule has 1 aliphatic carbocycles. The van der Waals surface area contributed by atoms with Crippen molar-refractivity contribution >= 4 is 5.91 Å². The highest BCUT2D eigenvalue weighted by molar-refractivity contribution is 5.76. The minimum atomic E-state index is -0.369. The molecule has 1 N–H and O–H groups in total. The number of fused-ring (bicyclic) bond motifs is 1. The first-order valence-corrected chi connectivity index (χ1v) is 7.94. The number of aryl methyl sites for hydroxylation is 3. The molecule has 5 heteroatoms. The van der Waals surface area contributed by atoms with Crippen molar-refractivity contribution in [2.45, 2.75) is 45.7 Å². The number of nitrogens with one attached hydrogen (secondary N) is 1. The third kappa shape index (κ3) is 3.50. The van der Waals surface area contributed by atoms with Crippen molar-refractivity contribution in [1.29, 1.82) is 0 Å². The van der Waals surface area contributed by atoms with Crippen LogP contribution in [0.2, 0.25) is 0 Å². The summed E-state index contributed by atoms with van der Waals surface area (Å²) in [4.78, 5) is 28.1. The predicted octanol–water partition coefficient (Wildman–Crippen LogP) is 1.53. The maximum absolute atomic E-state index is 12.3. The topological polar surface area (TPSA) is 64.0 Å². The van der Waals surface area contributed by atoms with Crippen LogP contribution in [0.4, 0.5) is 0 Å². The smallest absolute Gasteiger partial charge is 0.348 e. The van der Waals surface area contributed by atoms with Crippen LogP contribution in [0.3, 0.4) is 0 Å². The van der Waals surface area contributed by atoms with Gasteiger partial charge >= 0.3 is 5.69 Å². The Labute approximate surface area is 135 Å². The molecule has 0 aliphatic heterocycles. The molecule has 1 atom stereocenters. The predicted molar refractivity (Wildman–Crippen MR) is 88.4 cm³/mol. The fourth-order valence-electron chi connectivity index (χ4n) is 3.20. The Hall–Kier alpha value is -2.43. The average molecular weight is 311 g/mol. The maximum Gasteiger partial charge on any atom is 0.348 e. The summed E-state index contributed by atoms with van der Waals surface area (Å²) in [6.07, 6.45) is 2.76. The molecule has 0 saturated heterocycles. The number of rotatable bonds is 3. The molecule has 0 unspecified atom stereocenters. The van der Waals surface area contributed by atoms with Crippen LogP contribution in [0.1, 0.15) is 28.9 Å². The summed E-state index contributed by atoms with van der Waals surface area (Å²) in [5, 5.41) is 3.05. The van der Waals surface area contributed by atoms with E-state index in [9.17, 15) is 9.59 Å². The fraction of sp³-hybridized carbons (Fsp3) is 0.389. The van der Waals surface area contributed by atoms with E-state index >= 15 is 0 Å². The Morgan fingerprint density at radius 2 is 2.04 bits per heavy atom. The van der Waals surface area contributed by atoms with Gasteiger partial charge in [-0.3, -0.25) is 9.36 Å². The van der Waals surface area contributed by atoms with Gasteiger partial charge in [-0.15, -0.1) is 0 Å². The monoisotopic (exact) mass is 311 g/mol. The molecule has 3 rings (SSSR count). The lowest BCUT2D eigenvalue weighted by molar-refractivity contribution is -0.122. The molecule has 1 aliphatic rings. The Morgan fingerprint density at radius 3 is 2.78 bits per heavy atom. The Kier molecular flexibility index (Phi) is 4.28. The van der Waals surface area contributed by atoms with Crippen LogP contribution in [-0.2, 0) is 24.2 Å². The van der Waals surface area contributed by atoms with Gasteiger partial charge in [0.2, 0.25) is 5.91 Å². The average Bonchev–Trinajstić information content (AvgIpc) is 2.51. The molecule has 2 aromatic rings. The molecule has 23 heavy (non-hydrogen) atoms. The number of hydrogen-bond acceptors (Lipinski definition) is 3. The first-order valence-electron chi connectivity index (χ1n) is 7.94. The van der Waals surface area contributed by atoms with Gasteiger partial charge in [-0.2, -0.15) is 4.98 Å². The van der Waals surface area contributed by atoms with E-state index in [1.165, 1.54) is 15.7 Å². The van der Waals surface area contributed by atoms with Gasteiger partial charge in [-0.25, -0.2) is 4.79 Å². The minimum absolute atomic E-state index is 0.0239. The highest BCUT2D eigenvalue weighted by atomic mass is 16.2. The third-order valence-electron chi connectivity index (χ3n) is 4.36. The van der Waals surface area contributed by atoms with E-state index in [0.717, 1.165) is 25.0 Å². The van der Waals surface area contributed by atoms with Gasteiger partial charge in [-0.1, -0.05) is 24.3 Å². The molecule has 5 nitrogen and oxygen atoms in total. The number of aromatic nitrogens is 2. The van der Waals surface area contributed by atoms with Crippen LogP contribution in [0.15, 0.2) is 35.1 Å². The lowest BCUT2D eigenvalue weighted by Gasteiger charge is -2.25. The molecule has 0 fully saturated rings. The van der Waals surface area contributed by atoms with E-state index < -0.39 is 0 Å². The van der Waals surface area contributed by atoms with Crippen molar-refractivity contribution in [3.05, 3.63) is 63.3 Å². The van der Waals surface area contributed by atoms with Crippen LogP contribution >= 0.6 is 0 Å². The zero-order valence-electron chi connectivity index (χ0n) is 13.5. The lowest BCUT2D eigenvalue weighted by atomic mass is 9.88. The highest BCUT2D eigenvalue weighted by Crippen LogP contribution is 2.20. The zero-order valence-corrected chi connectivity index (χ0v) is 13.5. The van der Waals surface area contributed by atoms with Gasteiger partial charge < -0.3 is 5.32 Å². The van der Waals surface area contributed by atoms with Gasteiger partial charge in [0.05, 0.1) is 0 Å². The van der Waals surface area contributed by atoms with E-state index in [0.29, 0.717) is 5.69 Å². The number of carbonyl (C=O) groups excluding carboxylic acids is 1. The molecule has 0 bridgehead atoms. The van der Waals surface area contributed by atoms with E-state index in [2.05, 4.69) is 28.5 Å². The quantitative estimate of drug-likeness (QED) is 0.935. The van der Waals surface area contributed by atoms with E-state index in [1.54, 1.807) is 6.92 Å². The van der Waals surface area contributed by atoms with Gasteiger partial charge in [0.1, 0.15) is 6.54 Å². The Bertz CT molecular complexity index is 795. The molecule has 1 heterocycles. The van der Waals surface area contributed by atoms with Crippen molar-refractivity contribution in [2.75, 3.05) is 0 Å². The van der Waals surface area contributed by atoms with Crippen molar-refractivity contribution in [3.8, 4) is 0 Å². The van der Waals surface area contributed by atoms with Crippen LogP contribution in [0.25, 0.3) is 0 Å². The standard InChI is InChI=1S/C18H21N3O2/c1-12-9-13(2)21(18(23)19-12)11-17(22)20-16-8-7-14-5-3-4-6-15(14)10-16/h3-6,9,16H,7-8,10-11H2,1-2H3,(H,20,22)/t16-/m1/s1. The van der Waals surface area contributed by atoms with Crippen molar-refractivity contribution in [2.24, 2.45) is 0 Å². The van der Waals surface area contributed by atoms with E-state index in [-0.39, 0.29) is 24.2 Å². The molecule has 1 amide bonds. The molecule has 0 saturated carbocycles. The fourth-order valence-corrected chi connectivity index (χ4v) is 3.20. The maximum atomic E-state index is 12.3. The number of nitrogens with zero attached hydrogens (tertiary/aromatic N) is 2. The summed E-state index contributed by atoms with van der Waals surface area (Å²) in [6.45, 7) is 3.62. The number of hydrogen-bond donors (Lipinski definition) is 1. The normalized spacial score (nSPS) is 16.7. The highest BCUT2D eigenvalue weighted by Gasteiger charge is 2.20. The van der Waals surface area contributed by atoms with E-state index in [1.807, 2.05) is 19.1 Å². The van der Waals surface area contributed by atoms with Gasteiger partial charge in [0, 0.05) is 17.4 Å².